The Kier molecular flexibility index (Phi) is 7.31. The molecule has 2 aliphatic rings. The van der Waals surface area contributed by atoms with Gasteiger partial charge in [-0.1, -0.05) is 0 Å². The Morgan fingerprint density at radius 2 is 1.81 bits per heavy atom. The van der Waals surface area contributed by atoms with Gasteiger partial charge in [-0.15, -0.1) is 24.8 Å². The van der Waals surface area contributed by atoms with Crippen molar-refractivity contribution in [2.24, 2.45) is 11.7 Å². The Morgan fingerprint density at radius 1 is 1.19 bits per heavy atom. The summed E-state index contributed by atoms with van der Waals surface area (Å²) >= 11 is 0. The second kappa shape index (κ2) is 7.33. The molecule has 0 aromatic carbocycles. The summed E-state index contributed by atoms with van der Waals surface area (Å²) in [5.74, 6) is -0.0219. The molecule has 1 amide bonds. The summed E-state index contributed by atoms with van der Waals surface area (Å²) in [6, 6.07) is 0.681. The number of nitrogens with two attached hydrogens (primary N) is 1. The van der Waals surface area contributed by atoms with Gasteiger partial charge in [-0.3, -0.25) is 9.69 Å². The molecule has 2 heterocycles. The standard InChI is InChI=1S/C10H19N3O.2ClH/c11-10(14)8-3-6-13(7-8)9-1-4-12-5-2-9;;/h8-9,12H,1-7H2,(H2,11,14);2*1H/t8-;;/m1../s1. The molecule has 2 saturated heterocycles. The highest BCUT2D eigenvalue weighted by Crippen LogP contribution is 2.22. The van der Waals surface area contributed by atoms with Crippen LogP contribution in [0, 0.1) is 5.92 Å². The predicted molar refractivity (Wildman–Crippen MR) is 69.3 cm³/mol. The highest BCUT2D eigenvalue weighted by atomic mass is 35.5. The third-order valence-electron chi connectivity index (χ3n) is 3.45. The van der Waals surface area contributed by atoms with E-state index in [1.54, 1.807) is 0 Å². The highest BCUT2D eigenvalue weighted by Gasteiger charge is 2.31. The highest BCUT2D eigenvalue weighted by molar-refractivity contribution is 5.85. The van der Waals surface area contributed by atoms with E-state index in [9.17, 15) is 4.79 Å². The lowest BCUT2D eigenvalue weighted by Gasteiger charge is -2.31. The minimum Gasteiger partial charge on any atom is -0.369 e. The lowest BCUT2D eigenvalue weighted by atomic mass is 10.1. The molecule has 3 N–H and O–H groups in total. The lowest BCUT2D eigenvalue weighted by Crippen LogP contribution is -2.42. The molecule has 1 atom stereocenters. The molecule has 0 aliphatic carbocycles. The van der Waals surface area contributed by atoms with Crippen LogP contribution in [0.5, 0.6) is 0 Å². The Morgan fingerprint density at radius 3 is 2.31 bits per heavy atom. The largest absolute Gasteiger partial charge is 0.369 e. The number of hydrogen-bond acceptors (Lipinski definition) is 3. The van der Waals surface area contributed by atoms with Crippen LogP contribution in [-0.4, -0.2) is 43.0 Å². The summed E-state index contributed by atoms with van der Waals surface area (Å²) in [5.41, 5.74) is 5.31. The average molecular weight is 270 g/mol. The topological polar surface area (TPSA) is 58.4 Å². The first-order valence-corrected chi connectivity index (χ1v) is 5.51. The number of carbonyl (C=O) groups excluding carboxylic acids is 1. The van der Waals surface area contributed by atoms with Crippen molar-refractivity contribution in [1.82, 2.24) is 10.2 Å². The van der Waals surface area contributed by atoms with E-state index in [-0.39, 0.29) is 36.6 Å². The maximum atomic E-state index is 11.0. The molecule has 2 rings (SSSR count). The van der Waals surface area contributed by atoms with Crippen LogP contribution in [0.1, 0.15) is 19.3 Å². The number of nitrogens with zero attached hydrogens (tertiary/aromatic N) is 1. The summed E-state index contributed by atoms with van der Waals surface area (Å²) < 4.78 is 0. The van der Waals surface area contributed by atoms with E-state index in [0.717, 1.165) is 32.6 Å². The van der Waals surface area contributed by atoms with Gasteiger partial charge in [0.15, 0.2) is 0 Å². The first-order valence-electron chi connectivity index (χ1n) is 5.51. The van der Waals surface area contributed by atoms with Gasteiger partial charge in [0, 0.05) is 12.6 Å². The first kappa shape index (κ1) is 16.0. The number of likely N-dealkylation sites (tertiary alicyclic amines) is 1. The van der Waals surface area contributed by atoms with Crippen LogP contribution in [0.2, 0.25) is 0 Å². The Bertz CT molecular complexity index is 222. The zero-order valence-electron chi connectivity index (χ0n) is 9.35. The van der Waals surface area contributed by atoms with Gasteiger partial charge in [-0.2, -0.15) is 0 Å². The number of rotatable bonds is 2. The van der Waals surface area contributed by atoms with Crippen molar-refractivity contribution >= 4 is 30.7 Å². The van der Waals surface area contributed by atoms with E-state index in [2.05, 4.69) is 10.2 Å². The SMILES string of the molecule is Cl.Cl.NC(=O)[C@@H]1CCN(C2CCNCC2)C1. The van der Waals surface area contributed by atoms with Crippen LogP contribution >= 0.6 is 24.8 Å². The molecule has 6 heteroatoms. The third-order valence-corrected chi connectivity index (χ3v) is 3.45. The fourth-order valence-corrected chi connectivity index (χ4v) is 2.52. The summed E-state index contributed by atoms with van der Waals surface area (Å²) in [6.45, 7) is 4.17. The molecule has 16 heavy (non-hydrogen) atoms. The van der Waals surface area contributed by atoms with Crippen molar-refractivity contribution in [1.29, 1.82) is 0 Å². The second-order valence-corrected chi connectivity index (χ2v) is 4.36. The molecule has 2 fully saturated rings. The molecule has 0 radical (unpaired) electrons. The minimum absolute atomic E-state index is 0. The van der Waals surface area contributed by atoms with E-state index in [0.29, 0.717) is 6.04 Å². The van der Waals surface area contributed by atoms with Gasteiger partial charge in [-0.25, -0.2) is 0 Å². The number of amides is 1. The van der Waals surface area contributed by atoms with Crippen molar-refractivity contribution < 1.29 is 4.79 Å². The van der Waals surface area contributed by atoms with Gasteiger partial charge in [0.25, 0.3) is 0 Å². The lowest BCUT2D eigenvalue weighted by molar-refractivity contribution is -0.121. The van der Waals surface area contributed by atoms with Crippen molar-refractivity contribution in [2.75, 3.05) is 26.2 Å². The minimum atomic E-state index is -0.124. The summed E-state index contributed by atoms with van der Waals surface area (Å²) in [5, 5.41) is 3.35. The smallest absolute Gasteiger partial charge is 0.221 e. The van der Waals surface area contributed by atoms with Crippen LogP contribution < -0.4 is 11.1 Å². The average Bonchev–Trinajstić information content (AvgIpc) is 2.68. The van der Waals surface area contributed by atoms with Crippen LogP contribution in [0.3, 0.4) is 0 Å². The predicted octanol–water partition coefficient (Wildman–Crippen LogP) is 0.389. The molecule has 96 valence electrons. The van der Waals surface area contributed by atoms with Crippen molar-refractivity contribution in [3.63, 3.8) is 0 Å². The molecular formula is C10H21Cl2N3O. The molecule has 0 unspecified atom stereocenters. The quantitative estimate of drug-likeness (QED) is 0.763. The zero-order chi connectivity index (χ0) is 9.97. The van der Waals surface area contributed by atoms with Gasteiger partial charge < -0.3 is 11.1 Å². The van der Waals surface area contributed by atoms with Crippen LogP contribution in [0.4, 0.5) is 0 Å². The van der Waals surface area contributed by atoms with Crippen LogP contribution in [0.15, 0.2) is 0 Å². The number of halogens is 2. The molecule has 0 aromatic heterocycles. The Hall–Kier alpha value is -0.0300. The fraction of sp³-hybridized carbons (Fsp3) is 0.900. The normalized spacial score (nSPS) is 26.9. The van der Waals surface area contributed by atoms with E-state index in [1.165, 1.54) is 12.8 Å². The van der Waals surface area contributed by atoms with E-state index in [1.807, 2.05) is 0 Å². The van der Waals surface area contributed by atoms with Gasteiger partial charge in [0.1, 0.15) is 0 Å². The number of carbonyl (C=O) groups is 1. The van der Waals surface area contributed by atoms with Crippen LogP contribution in [0.25, 0.3) is 0 Å². The van der Waals surface area contributed by atoms with E-state index in [4.69, 9.17) is 5.73 Å². The molecule has 0 bridgehead atoms. The molecule has 2 aliphatic heterocycles. The van der Waals surface area contributed by atoms with Crippen LogP contribution in [-0.2, 0) is 4.79 Å². The van der Waals surface area contributed by atoms with Crippen molar-refractivity contribution in [3.8, 4) is 0 Å². The zero-order valence-corrected chi connectivity index (χ0v) is 11.0. The molecule has 4 nitrogen and oxygen atoms in total. The summed E-state index contributed by atoms with van der Waals surface area (Å²) in [6.07, 6.45) is 3.39. The number of hydrogen-bond donors (Lipinski definition) is 2. The van der Waals surface area contributed by atoms with E-state index < -0.39 is 0 Å². The van der Waals surface area contributed by atoms with Crippen molar-refractivity contribution in [2.45, 2.75) is 25.3 Å². The Labute approximate surface area is 109 Å². The molecule has 0 aromatic rings. The number of primary amides is 1. The fourth-order valence-electron chi connectivity index (χ4n) is 2.52. The molecule has 0 saturated carbocycles. The molecule has 0 spiro atoms. The van der Waals surface area contributed by atoms with Gasteiger partial charge >= 0.3 is 0 Å². The third kappa shape index (κ3) is 3.77. The maximum Gasteiger partial charge on any atom is 0.221 e. The molecular weight excluding hydrogens is 249 g/mol. The van der Waals surface area contributed by atoms with Gasteiger partial charge in [0.2, 0.25) is 5.91 Å². The van der Waals surface area contributed by atoms with Gasteiger partial charge in [-0.05, 0) is 38.9 Å². The maximum absolute atomic E-state index is 11.0. The van der Waals surface area contributed by atoms with Crippen molar-refractivity contribution in [3.05, 3.63) is 0 Å². The monoisotopic (exact) mass is 269 g/mol. The number of nitrogens with one attached hydrogen (secondary N) is 1. The summed E-state index contributed by atoms with van der Waals surface area (Å²) in [4.78, 5) is 13.5. The van der Waals surface area contributed by atoms with Gasteiger partial charge in [0.05, 0.1) is 5.92 Å². The summed E-state index contributed by atoms with van der Waals surface area (Å²) in [7, 11) is 0. The Balaban J connectivity index is 0.00000112. The second-order valence-electron chi connectivity index (χ2n) is 4.36. The number of piperidine rings is 1. The first-order chi connectivity index (χ1) is 6.77. The van der Waals surface area contributed by atoms with E-state index >= 15 is 0 Å².